The SMILES string of the molecule is CC(C)Cc1nc(NC(=O)C2CC(=O)N(c3ccccc3)C2)n[nH]1. The van der Waals surface area contributed by atoms with Crippen LogP contribution in [0, 0.1) is 11.8 Å². The maximum Gasteiger partial charge on any atom is 0.248 e. The van der Waals surface area contributed by atoms with Crippen molar-refractivity contribution in [1.29, 1.82) is 0 Å². The van der Waals surface area contributed by atoms with Crippen LogP contribution in [0.15, 0.2) is 30.3 Å². The lowest BCUT2D eigenvalue weighted by atomic mass is 10.1. The lowest BCUT2D eigenvalue weighted by Crippen LogP contribution is -2.28. The first kappa shape index (κ1) is 16.2. The van der Waals surface area contributed by atoms with E-state index in [9.17, 15) is 9.59 Å². The molecule has 126 valence electrons. The molecule has 7 heteroatoms. The number of carbonyl (C=O) groups is 2. The van der Waals surface area contributed by atoms with Gasteiger partial charge in [0, 0.05) is 25.1 Å². The van der Waals surface area contributed by atoms with E-state index >= 15 is 0 Å². The van der Waals surface area contributed by atoms with Crippen molar-refractivity contribution in [3.05, 3.63) is 36.2 Å². The molecule has 3 rings (SSSR count). The fraction of sp³-hybridized carbons (Fsp3) is 0.412. The van der Waals surface area contributed by atoms with Gasteiger partial charge in [-0.2, -0.15) is 4.98 Å². The molecule has 7 nitrogen and oxygen atoms in total. The number of H-pyrrole nitrogens is 1. The Labute approximate surface area is 140 Å². The van der Waals surface area contributed by atoms with Crippen LogP contribution in [-0.4, -0.2) is 33.5 Å². The highest BCUT2D eigenvalue weighted by atomic mass is 16.2. The van der Waals surface area contributed by atoms with Gasteiger partial charge in [0.25, 0.3) is 0 Å². The minimum Gasteiger partial charge on any atom is -0.312 e. The van der Waals surface area contributed by atoms with Crippen molar-refractivity contribution in [1.82, 2.24) is 15.2 Å². The molecule has 0 saturated carbocycles. The van der Waals surface area contributed by atoms with E-state index in [-0.39, 0.29) is 24.2 Å². The maximum atomic E-state index is 12.4. The van der Waals surface area contributed by atoms with Crippen LogP contribution in [0.5, 0.6) is 0 Å². The molecule has 0 aliphatic carbocycles. The molecule has 0 radical (unpaired) electrons. The summed E-state index contributed by atoms with van der Waals surface area (Å²) in [6.45, 7) is 4.55. The molecule has 1 aliphatic rings. The molecular weight excluding hydrogens is 306 g/mol. The van der Waals surface area contributed by atoms with Crippen LogP contribution >= 0.6 is 0 Å². The van der Waals surface area contributed by atoms with E-state index < -0.39 is 5.92 Å². The number of hydrogen-bond acceptors (Lipinski definition) is 4. The van der Waals surface area contributed by atoms with E-state index in [4.69, 9.17) is 0 Å². The first-order valence-corrected chi connectivity index (χ1v) is 8.10. The quantitative estimate of drug-likeness (QED) is 0.878. The number of anilines is 2. The van der Waals surface area contributed by atoms with Crippen LogP contribution in [0.4, 0.5) is 11.6 Å². The molecular formula is C17H21N5O2. The van der Waals surface area contributed by atoms with Gasteiger partial charge in [0.05, 0.1) is 5.92 Å². The standard InChI is InChI=1S/C17H21N5O2/c1-11(2)8-14-18-17(21-20-14)19-16(24)12-9-15(23)22(10-12)13-6-4-3-5-7-13/h3-7,11-12H,8-10H2,1-2H3,(H2,18,19,20,21,24). The number of hydrogen-bond donors (Lipinski definition) is 2. The zero-order chi connectivity index (χ0) is 17.1. The van der Waals surface area contributed by atoms with Gasteiger partial charge in [0.15, 0.2) is 0 Å². The molecule has 0 spiro atoms. The monoisotopic (exact) mass is 327 g/mol. The Kier molecular flexibility index (Phi) is 4.59. The topological polar surface area (TPSA) is 91.0 Å². The summed E-state index contributed by atoms with van der Waals surface area (Å²) in [5, 5.41) is 9.53. The second-order valence-electron chi connectivity index (χ2n) is 6.43. The van der Waals surface area contributed by atoms with Gasteiger partial charge in [-0.1, -0.05) is 32.0 Å². The van der Waals surface area contributed by atoms with E-state index in [0.29, 0.717) is 12.5 Å². The molecule has 1 fully saturated rings. The Bertz CT molecular complexity index is 726. The minimum atomic E-state index is -0.398. The molecule has 24 heavy (non-hydrogen) atoms. The van der Waals surface area contributed by atoms with Crippen LogP contribution in [-0.2, 0) is 16.0 Å². The number of carbonyl (C=O) groups excluding carboxylic acids is 2. The number of aromatic nitrogens is 3. The second kappa shape index (κ2) is 6.82. The summed E-state index contributed by atoms with van der Waals surface area (Å²) in [5.41, 5.74) is 0.815. The number of nitrogens with one attached hydrogen (secondary N) is 2. The molecule has 2 aromatic rings. The van der Waals surface area contributed by atoms with Crippen LogP contribution in [0.25, 0.3) is 0 Å². The highest BCUT2D eigenvalue weighted by molar-refractivity contribution is 6.03. The van der Waals surface area contributed by atoms with Gasteiger partial charge in [0.2, 0.25) is 17.8 Å². The molecule has 1 unspecified atom stereocenters. The summed E-state index contributed by atoms with van der Waals surface area (Å²) in [6, 6.07) is 9.38. The summed E-state index contributed by atoms with van der Waals surface area (Å²) in [6.07, 6.45) is 0.969. The van der Waals surface area contributed by atoms with Gasteiger partial charge in [-0.3, -0.25) is 20.0 Å². The van der Waals surface area contributed by atoms with Crippen LogP contribution in [0.1, 0.15) is 26.1 Å². The molecule has 2 N–H and O–H groups in total. The molecule has 0 bridgehead atoms. The molecule has 2 heterocycles. The Morgan fingerprint density at radius 1 is 1.38 bits per heavy atom. The maximum absolute atomic E-state index is 12.4. The number of nitrogens with zero attached hydrogens (tertiary/aromatic N) is 3. The van der Waals surface area contributed by atoms with E-state index in [1.54, 1.807) is 4.90 Å². The van der Waals surface area contributed by atoms with Crippen molar-refractivity contribution in [2.45, 2.75) is 26.7 Å². The summed E-state index contributed by atoms with van der Waals surface area (Å²) in [5.74, 6) is 0.793. The van der Waals surface area contributed by atoms with Gasteiger partial charge in [-0.15, -0.1) is 5.10 Å². The summed E-state index contributed by atoms with van der Waals surface area (Å²) in [7, 11) is 0. The lowest BCUT2D eigenvalue weighted by molar-refractivity contribution is -0.122. The fourth-order valence-electron chi connectivity index (χ4n) is 2.78. The zero-order valence-electron chi connectivity index (χ0n) is 13.8. The Hall–Kier alpha value is -2.70. The number of amides is 2. The second-order valence-corrected chi connectivity index (χ2v) is 6.43. The summed E-state index contributed by atoms with van der Waals surface area (Å²) >= 11 is 0. The first-order valence-electron chi connectivity index (χ1n) is 8.10. The summed E-state index contributed by atoms with van der Waals surface area (Å²) in [4.78, 5) is 30.5. The smallest absolute Gasteiger partial charge is 0.248 e. The third kappa shape index (κ3) is 3.61. The molecule has 1 aromatic carbocycles. The largest absolute Gasteiger partial charge is 0.312 e. The molecule has 1 saturated heterocycles. The van der Waals surface area contributed by atoms with Gasteiger partial charge in [-0.25, -0.2) is 0 Å². The number of rotatable bonds is 5. The normalized spacial score (nSPS) is 17.5. The van der Waals surface area contributed by atoms with E-state index in [1.165, 1.54) is 0 Å². The van der Waals surface area contributed by atoms with Crippen molar-refractivity contribution < 1.29 is 9.59 Å². The summed E-state index contributed by atoms with van der Waals surface area (Å²) < 4.78 is 0. The van der Waals surface area contributed by atoms with Crippen molar-refractivity contribution in [3.63, 3.8) is 0 Å². The Morgan fingerprint density at radius 2 is 2.12 bits per heavy atom. The van der Waals surface area contributed by atoms with Crippen LogP contribution in [0.3, 0.4) is 0 Å². The van der Waals surface area contributed by atoms with E-state index in [1.807, 2.05) is 30.3 Å². The molecule has 1 aromatic heterocycles. The highest BCUT2D eigenvalue weighted by Crippen LogP contribution is 2.25. The molecule has 1 aliphatic heterocycles. The predicted molar refractivity (Wildman–Crippen MR) is 90.5 cm³/mol. The average Bonchev–Trinajstić information content (AvgIpc) is 3.14. The number of para-hydroxylation sites is 1. The van der Waals surface area contributed by atoms with Crippen molar-refractivity contribution in [2.24, 2.45) is 11.8 Å². The fourth-order valence-corrected chi connectivity index (χ4v) is 2.78. The van der Waals surface area contributed by atoms with Crippen LogP contribution in [0.2, 0.25) is 0 Å². The number of aromatic amines is 1. The van der Waals surface area contributed by atoms with Crippen molar-refractivity contribution in [3.8, 4) is 0 Å². The Morgan fingerprint density at radius 3 is 2.83 bits per heavy atom. The van der Waals surface area contributed by atoms with Gasteiger partial charge >= 0.3 is 0 Å². The number of benzene rings is 1. The van der Waals surface area contributed by atoms with Crippen molar-refractivity contribution >= 4 is 23.5 Å². The third-order valence-corrected chi connectivity index (χ3v) is 3.93. The lowest BCUT2D eigenvalue weighted by Gasteiger charge is -2.16. The zero-order valence-corrected chi connectivity index (χ0v) is 13.8. The third-order valence-electron chi connectivity index (χ3n) is 3.93. The predicted octanol–water partition coefficient (Wildman–Crippen LogP) is 1.99. The minimum absolute atomic E-state index is 0.0446. The van der Waals surface area contributed by atoms with Gasteiger partial charge in [-0.05, 0) is 18.1 Å². The molecule has 1 atom stereocenters. The van der Waals surface area contributed by atoms with Gasteiger partial charge < -0.3 is 4.90 Å². The van der Waals surface area contributed by atoms with E-state index in [0.717, 1.165) is 17.9 Å². The van der Waals surface area contributed by atoms with E-state index in [2.05, 4.69) is 34.3 Å². The average molecular weight is 327 g/mol. The van der Waals surface area contributed by atoms with Gasteiger partial charge in [0.1, 0.15) is 5.82 Å². The Balaban J connectivity index is 1.62. The first-order chi connectivity index (χ1) is 11.5. The molecule has 2 amide bonds. The van der Waals surface area contributed by atoms with Crippen LogP contribution < -0.4 is 10.2 Å². The van der Waals surface area contributed by atoms with Crippen molar-refractivity contribution in [2.75, 3.05) is 16.8 Å². The highest BCUT2D eigenvalue weighted by Gasteiger charge is 2.35.